The van der Waals surface area contributed by atoms with Crippen LogP contribution in [0.4, 0.5) is 10.2 Å². The second kappa shape index (κ2) is 5.75. The fourth-order valence-corrected chi connectivity index (χ4v) is 2.80. The lowest BCUT2D eigenvalue weighted by Crippen LogP contribution is -2.47. The lowest BCUT2D eigenvalue weighted by molar-refractivity contribution is 0.0692. The molecule has 5 nitrogen and oxygen atoms in total. The number of aromatic carboxylic acids is 1. The number of hydrogen-bond acceptors (Lipinski definition) is 4. The molecule has 1 aliphatic rings. The van der Waals surface area contributed by atoms with Gasteiger partial charge in [-0.05, 0) is 33.0 Å². The van der Waals surface area contributed by atoms with E-state index in [-0.39, 0.29) is 16.9 Å². The van der Waals surface area contributed by atoms with E-state index in [1.807, 2.05) is 14.1 Å². The minimum atomic E-state index is -1.28. The molecular weight excluding hydrogens is 261 g/mol. The largest absolute Gasteiger partial charge is 0.478 e. The predicted octanol–water partition coefficient (Wildman–Crippen LogP) is 2.21. The molecule has 0 spiro atoms. The van der Waals surface area contributed by atoms with Gasteiger partial charge in [-0.2, -0.15) is 0 Å². The molecule has 0 radical (unpaired) electrons. The second-order valence-corrected chi connectivity index (χ2v) is 5.51. The first-order chi connectivity index (χ1) is 9.46. The highest BCUT2D eigenvalue weighted by Gasteiger charge is 2.36. The molecule has 1 heterocycles. The van der Waals surface area contributed by atoms with Crippen molar-refractivity contribution in [1.29, 1.82) is 0 Å². The van der Waals surface area contributed by atoms with Gasteiger partial charge in [-0.1, -0.05) is 12.8 Å². The van der Waals surface area contributed by atoms with Gasteiger partial charge in [0.2, 0.25) is 0 Å². The first kappa shape index (κ1) is 14.7. The van der Waals surface area contributed by atoms with Crippen molar-refractivity contribution in [2.45, 2.75) is 31.2 Å². The van der Waals surface area contributed by atoms with E-state index in [0.29, 0.717) is 6.54 Å². The molecule has 1 saturated carbocycles. The molecule has 0 bridgehead atoms. The van der Waals surface area contributed by atoms with Crippen LogP contribution in [-0.2, 0) is 0 Å². The molecule has 0 aliphatic heterocycles. The minimum Gasteiger partial charge on any atom is -0.478 e. The average molecular weight is 281 g/mol. The summed E-state index contributed by atoms with van der Waals surface area (Å²) in [5.41, 5.74) is -0.360. The lowest BCUT2D eigenvalue weighted by Gasteiger charge is -2.36. The Bertz CT molecular complexity index is 499. The molecule has 2 rings (SSSR count). The van der Waals surface area contributed by atoms with Gasteiger partial charge in [-0.15, -0.1) is 0 Å². The third-order valence-electron chi connectivity index (χ3n) is 4.19. The van der Waals surface area contributed by atoms with E-state index in [1.165, 1.54) is 12.3 Å². The summed E-state index contributed by atoms with van der Waals surface area (Å²) in [6, 6.07) is 1.17. The van der Waals surface area contributed by atoms with Crippen molar-refractivity contribution in [2.24, 2.45) is 0 Å². The van der Waals surface area contributed by atoms with Crippen molar-refractivity contribution in [3.05, 3.63) is 23.6 Å². The SMILES string of the molecule is CN(C)C1(CNc2nccc(C(=O)O)c2F)CCCC1. The number of carboxylic acid groups (broad SMARTS) is 1. The zero-order valence-corrected chi connectivity index (χ0v) is 11.8. The maximum atomic E-state index is 14.0. The first-order valence-corrected chi connectivity index (χ1v) is 6.75. The minimum absolute atomic E-state index is 0.00660. The molecule has 0 amide bonds. The van der Waals surface area contributed by atoms with Gasteiger partial charge in [0.25, 0.3) is 0 Å². The molecule has 1 fully saturated rings. The van der Waals surface area contributed by atoms with E-state index in [4.69, 9.17) is 5.11 Å². The molecular formula is C14H20FN3O2. The zero-order chi connectivity index (χ0) is 14.8. The Morgan fingerprint density at radius 2 is 2.15 bits per heavy atom. The Balaban J connectivity index is 2.15. The molecule has 110 valence electrons. The van der Waals surface area contributed by atoms with Crippen LogP contribution in [0.5, 0.6) is 0 Å². The van der Waals surface area contributed by atoms with Gasteiger partial charge in [0.05, 0.1) is 0 Å². The lowest BCUT2D eigenvalue weighted by atomic mass is 9.96. The van der Waals surface area contributed by atoms with Crippen molar-refractivity contribution >= 4 is 11.8 Å². The van der Waals surface area contributed by atoms with E-state index in [1.54, 1.807) is 0 Å². The van der Waals surface area contributed by atoms with Crippen LogP contribution in [0.2, 0.25) is 0 Å². The third-order valence-corrected chi connectivity index (χ3v) is 4.19. The Morgan fingerprint density at radius 1 is 1.50 bits per heavy atom. The summed E-state index contributed by atoms with van der Waals surface area (Å²) in [4.78, 5) is 17.0. The van der Waals surface area contributed by atoms with Crippen LogP contribution in [0.3, 0.4) is 0 Å². The van der Waals surface area contributed by atoms with Gasteiger partial charge < -0.3 is 15.3 Å². The summed E-state index contributed by atoms with van der Waals surface area (Å²) in [5, 5.41) is 11.9. The van der Waals surface area contributed by atoms with E-state index in [0.717, 1.165) is 25.7 Å². The Morgan fingerprint density at radius 3 is 2.70 bits per heavy atom. The Hall–Kier alpha value is -1.69. The van der Waals surface area contributed by atoms with Gasteiger partial charge in [0.15, 0.2) is 11.6 Å². The van der Waals surface area contributed by atoms with Crippen LogP contribution in [0.15, 0.2) is 12.3 Å². The number of pyridine rings is 1. The highest BCUT2D eigenvalue weighted by Crippen LogP contribution is 2.34. The topological polar surface area (TPSA) is 65.5 Å². The van der Waals surface area contributed by atoms with Gasteiger partial charge in [-0.3, -0.25) is 0 Å². The maximum absolute atomic E-state index is 14.0. The van der Waals surface area contributed by atoms with Crippen molar-refractivity contribution in [3.8, 4) is 0 Å². The summed E-state index contributed by atoms with van der Waals surface area (Å²) < 4.78 is 14.0. The number of nitrogens with one attached hydrogen (secondary N) is 1. The second-order valence-electron chi connectivity index (χ2n) is 5.51. The Labute approximate surface area is 117 Å². The van der Waals surface area contributed by atoms with Gasteiger partial charge >= 0.3 is 5.97 Å². The van der Waals surface area contributed by atoms with Crippen molar-refractivity contribution in [3.63, 3.8) is 0 Å². The van der Waals surface area contributed by atoms with Crippen LogP contribution in [0.25, 0.3) is 0 Å². The third kappa shape index (κ3) is 2.75. The van der Waals surface area contributed by atoms with Crippen molar-refractivity contribution in [2.75, 3.05) is 26.0 Å². The number of hydrogen-bond donors (Lipinski definition) is 2. The van der Waals surface area contributed by atoms with E-state index in [2.05, 4.69) is 15.2 Å². The van der Waals surface area contributed by atoms with Crippen molar-refractivity contribution < 1.29 is 14.3 Å². The fraction of sp³-hybridized carbons (Fsp3) is 0.571. The number of carbonyl (C=O) groups is 1. The van der Waals surface area contributed by atoms with Gasteiger partial charge in [0, 0.05) is 18.3 Å². The van der Waals surface area contributed by atoms with Crippen LogP contribution in [0.1, 0.15) is 36.0 Å². The summed E-state index contributed by atoms with van der Waals surface area (Å²) in [6.07, 6.45) is 5.72. The Kier molecular flexibility index (Phi) is 4.23. The standard InChI is InChI=1S/C14H20FN3O2/c1-18(2)14(6-3-4-7-14)9-17-12-11(15)10(13(19)20)5-8-16-12/h5,8H,3-4,6-7,9H2,1-2H3,(H,16,17)(H,19,20). The van der Waals surface area contributed by atoms with Gasteiger partial charge in [0.1, 0.15) is 5.56 Å². The highest BCUT2D eigenvalue weighted by atomic mass is 19.1. The summed E-state index contributed by atoms with van der Waals surface area (Å²) in [7, 11) is 4.04. The predicted molar refractivity (Wildman–Crippen MR) is 74.5 cm³/mol. The molecule has 0 saturated heterocycles. The van der Waals surface area contributed by atoms with Gasteiger partial charge in [-0.25, -0.2) is 14.2 Å². The fourth-order valence-electron chi connectivity index (χ4n) is 2.80. The molecule has 0 unspecified atom stereocenters. The maximum Gasteiger partial charge on any atom is 0.338 e. The number of anilines is 1. The highest BCUT2D eigenvalue weighted by molar-refractivity contribution is 5.88. The number of nitrogens with zero attached hydrogens (tertiary/aromatic N) is 2. The number of rotatable bonds is 5. The van der Waals surface area contributed by atoms with Crippen LogP contribution in [0, 0.1) is 5.82 Å². The number of aromatic nitrogens is 1. The summed E-state index contributed by atoms with van der Waals surface area (Å²) in [6.45, 7) is 0.562. The first-order valence-electron chi connectivity index (χ1n) is 6.75. The van der Waals surface area contributed by atoms with E-state index < -0.39 is 11.8 Å². The molecule has 0 atom stereocenters. The van der Waals surface area contributed by atoms with Crippen molar-refractivity contribution in [1.82, 2.24) is 9.88 Å². The quantitative estimate of drug-likeness (QED) is 0.866. The summed E-state index contributed by atoms with van der Waals surface area (Å²) >= 11 is 0. The molecule has 0 aromatic carbocycles. The number of carboxylic acids is 1. The zero-order valence-electron chi connectivity index (χ0n) is 11.8. The van der Waals surface area contributed by atoms with E-state index >= 15 is 0 Å². The average Bonchev–Trinajstić information content (AvgIpc) is 2.87. The van der Waals surface area contributed by atoms with Crippen LogP contribution in [-0.4, -0.2) is 47.1 Å². The molecule has 6 heteroatoms. The molecule has 1 aromatic rings. The summed E-state index contributed by atoms with van der Waals surface area (Å²) in [5.74, 6) is -2.07. The molecule has 1 aliphatic carbocycles. The molecule has 2 N–H and O–H groups in total. The molecule has 20 heavy (non-hydrogen) atoms. The number of halogens is 1. The molecule has 1 aromatic heterocycles. The van der Waals surface area contributed by atoms with Crippen LogP contribution >= 0.6 is 0 Å². The normalized spacial score (nSPS) is 17.4. The van der Waals surface area contributed by atoms with Crippen LogP contribution < -0.4 is 5.32 Å². The van der Waals surface area contributed by atoms with E-state index in [9.17, 15) is 9.18 Å². The number of likely N-dealkylation sites (N-methyl/N-ethyl adjacent to an activating group) is 1. The smallest absolute Gasteiger partial charge is 0.338 e. The monoisotopic (exact) mass is 281 g/mol.